The first kappa shape index (κ1) is 26.7. The normalized spacial score (nSPS) is 17.2. The second-order valence-electron chi connectivity index (χ2n) is 8.73. The molecule has 1 fully saturated rings. The van der Waals surface area contributed by atoms with E-state index in [4.69, 9.17) is 4.74 Å². The van der Waals surface area contributed by atoms with Gasteiger partial charge in [0.25, 0.3) is 15.9 Å². The minimum absolute atomic E-state index is 0.0639. The van der Waals surface area contributed by atoms with Gasteiger partial charge in [0.15, 0.2) is 0 Å². The number of urea groups is 1. The standard InChI is InChI=1S/C27H28N4O6S/c1-4-31(20-13-9-6-10-14-20)38(35,36)21-15-16-23(37-3)22(17-21)28-24(32)18-30-25(33)27(2,29-26(30)34)19-11-7-5-8-12-19/h5-17H,4,18H2,1-3H3,(H,28,32)(H,29,34)/t27-/m1/s1. The summed E-state index contributed by atoms with van der Waals surface area (Å²) in [7, 11) is -2.60. The van der Waals surface area contributed by atoms with Crippen LogP contribution in [0.25, 0.3) is 0 Å². The monoisotopic (exact) mass is 536 g/mol. The van der Waals surface area contributed by atoms with E-state index >= 15 is 0 Å². The van der Waals surface area contributed by atoms with Crippen LogP contribution in [0.5, 0.6) is 5.75 Å². The topological polar surface area (TPSA) is 125 Å². The molecule has 1 heterocycles. The van der Waals surface area contributed by atoms with Crippen molar-refractivity contribution in [3.63, 3.8) is 0 Å². The largest absolute Gasteiger partial charge is 0.495 e. The van der Waals surface area contributed by atoms with Crippen molar-refractivity contribution in [2.24, 2.45) is 0 Å². The maximum atomic E-state index is 13.4. The molecule has 1 atom stereocenters. The molecule has 3 aromatic carbocycles. The molecule has 1 saturated heterocycles. The SMILES string of the molecule is CCN(c1ccccc1)S(=O)(=O)c1ccc(OC)c(NC(=O)CN2C(=O)N[C@](C)(c3ccccc3)C2=O)c1. The Labute approximate surface area is 221 Å². The molecule has 4 amide bonds. The van der Waals surface area contributed by atoms with Crippen molar-refractivity contribution < 1.29 is 27.5 Å². The van der Waals surface area contributed by atoms with Gasteiger partial charge in [-0.1, -0.05) is 48.5 Å². The number of nitrogens with zero attached hydrogens (tertiary/aromatic N) is 2. The van der Waals surface area contributed by atoms with Gasteiger partial charge in [-0.3, -0.25) is 18.8 Å². The molecule has 3 aromatic rings. The summed E-state index contributed by atoms with van der Waals surface area (Å²) in [6.45, 7) is 2.91. The van der Waals surface area contributed by atoms with Crippen molar-refractivity contribution in [1.29, 1.82) is 0 Å². The summed E-state index contributed by atoms with van der Waals surface area (Å²) in [5.41, 5.74) is -0.150. The summed E-state index contributed by atoms with van der Waals surface area (Å²) < 4.78 is 33.4. The van der Waals surface area contributed by atoms with Crippen molar-refractivity contribution in [2.45, 2.75) is 24.3 Å². The molecule has 10 nitrogen and oxygen atoms in total. The smallest absolute Gasteiger partial charge is 0.325 e. The number of benzene rings is 3. The third-order valence-corrected chi connectivity index (χ3v) is 8.19. The first-order chi connectivity index (χ1) is 18.1. The number of carbonyl (C=O) groups is 3. The minimum Gasteiger partial charge on any atom is -0.495 e. The number of anilines is 2. The Balaban J connectivity index is 1.56. The minimum atomic E-state index is -3.98. The number of para-hydroxylation sites is 1. The summed E-state index contributed by atoms with van der Waals surface area (Å²) in [5, 5.41) is 5.23. The highest BCUT2D eigenvalue weighted by Gasteiger charge is 2.49. The average Bonchev–Trinajstić information content (AvgIpc) is 3.13. The van der Waals surface area contributed by atoms with Crippen LogP contribution in [0.3, 0.4) is 0 Å². The summed E-state index contributed by atoms with van der Waals surface area (Å²) in [6, 6.07) is 20.8. The predicted octanol–water partition coefficient (Wildman–Crippen LogP) is 3.32. The number of rotatable bonds is 9. The number of nitrogens with one attached hydrogen (secondary N) is 2. The van der Waals surface area contributed by atoms with Gasteiger partial charge in [-0.15, -0.1) is 0 Å². The lowest BCUT2D eigenvalue weighted by molar-refractivity contribution is -0.133. The van der Waals surface area contributed by atoms with E-state index in [1.165, 1.54) is 29.6 Å². The number of hydrogen-bond acceptors (Lipinski definition) is 6. The van der Waals surface area contributed by atoms with Gasteiger partial charge in [-0.2, -0.15) is 0 Å². The molecule has 2 N–H and O–H groups in total. The number of methoxy groups -OCH3 is 1. The van der Waals surface area contributed by atoms with Crippen molar-refractivity contribution >= 4 is 39.2 Å². The first-order valence-electron chi connectivity index (χ1n) is 11.9. The lowest BCUT2D eigenvalue weighted by Crippen LogP contribution is -2.42. The highest BCUT2D eigenvalue weighted by Crippen LogP contribution is 2.32. The van der Waals surface area contributed by atoms with Crippen LogP contribution in [-0.4, -0.2) is 51.4 Å². The van der Waals surface area contributed by atoms with Crippen LogP contribution < -0.4 is 19.7 Å². The van der Waals surface area contributed by atoms with Gasteiger partial charge in [0.2, 0.25) is 5.91 Å². The number of imide groups is 1. The Bertz CT molecular complexity index is 1460. The van der Waals surface area contributed by atoms with Gasteiger partial charge >= 0.3 is 6.03 Å². The van der Waals surface area contributed by atoms with Crippen LogP contribution in [0.4, 0.5) is 16.2 Å². The number of sulfonamides is 1. The molecule has 0 saturated carbocycles. The molecule has 0 bridgehead atoms. The molecule has 0 unspecified atom stereocenters. The maximum Gasteiger partial charge on any atom is 0.325 e. The van der Waals surface area contributed by atoms with E-state index in [0.717, 1.165) is 4.90 Å². The van der Waals surface area contributed by atoms with Gasteiger partial charge in [0, 0.05) is 6.54 Å². The van der Waals surface area contributed by atoms with Gasteiger partial charge in [0.05, 0.1) is 23.4 Å². The average molecular weight is 537 g/mol. The second-order valence-corrected chi connectivity index (χ2v) is 10.6. The van der Waals surface area contributed by atoms with Crippen LogP contribution in [0, 0.1) is 0 Å². The Kier molecular flexibility index (Phi) is 7.40. The van der Waals surface area contributed by atoms with Crippen LogP contribution in [-0.2, 0) is 25.2 Å². The molecule has 0 aliphatic carbocycles. The maximum absolute atomic E-state index is 13.4. The Hall–Kier alpha value is -4.38. The quantitative estimate of drug-likeness (QED) is 0.404. The Morgan fingerprint density at radius 3 is 2.26 bits per heavy atom. The molecule has 0 radical (unpaired) electrons. The molecule has 4 rings (SSSR count). The number of hydrogen-bond donors (Lipinski definition) is 2. The summed E-state index contributed by atoms with van der Waals surface area (Å²) >= 11 is 0. The molecular formula is C27H28N4O6S. The highest BCUT2D eigenvalue weighted by atomic mass is 32.2. The molecular weight excluding hydrogens is 508 g/mol. The van der Waals surface area contributed by atoms with E-state index < -0.39 is 40.0 Å². The van der Waals surface area contributed by atoms with Gasteiger partial charge in [0.1, 0.15) is 17.8 Å². The van der Waals surface area contributed by atoms with Gasteiger partial charge < -0.3 is 15.4 Å². The molecule has 198 valence electrons. The Morgan fingerprint density at radius 1 is 1.03 bits per heavy atom. The summed E-state index contributed by atoms with van der Waals surface area (Å²) in [4.78, 5) is 39.5. The first-order valence-corrected chi connectivity index (χ1v) is 13.3. The lowest BCUT2D eigenvalue weighted by Gasteiger charge is -2.23. The van der Waals surface area contributed by atoms with E-state index in [9.17, 15) is 22.8 Å². The van der Waals surface area contributed by atoms with Crippen molar-refractivity contribution in [1.82, 2.24) is 10.2 Å². The fourth-order valence-electron chi connectivity index (χ4n) is 4.30. The predicted molar refractivity (Wildman–Crippen MR) is 142 cm³/mol. The molecule has 0 spiro atoms. The molecule has 1 aliphatic heterocycles. The van der Waals surface area contributed by atoms with Gasteiger partial charge in [-0.05, 0) is 49.7 Å². The van der Waals surface area contributed by atoms with Crippen LogP contribution >= 0.6 is 0 Å². The highest BCUT2D eigenvalue weighted by molar-refractivity contribution is 7.92. The summed E-state index contributed by atoms with van der Waals surface area (Å²) in [6.07, 6.45) is 0. The van der Waals surface area contributed by atoms with Crippen molar-refractivity contribution in [2.75, 3.05) is 29.8 Å². The Morgan fingerprint density at radius 2 is 1.66 bits per heavy atom. The molecule has 1 aliphatic rings. The zero-order valence-electron chi connectivity index (χ0n) is 21.2. The zero-order valence-corrected chi connectivity index (χ0v) is 22.0. The van der Waals surface area contributed by atoms with E-state index in [2.05, 4.69) is 10.6 Å². The van der Waals surface area contributed by atoms with Crippen LogP contribution in [0.2, 0.25) is 0 Å². The number of amides is 4. The summed E-state index contributed by atoms with van der Waals surface area (Å²) in [5.74, 6) is -1.06. The third kappa shape index (κ3) is 4.92. The van der Waals surface area contributed by atoms with Crippen LogP contribution in [0.1, 0.15) is 19.4 Å². The van der Waals surface area contributed by atoms with E-state index in [-0.39, 0.29) is 22.9 Å². The molecule has 0 aromatic heterocycles. The van der Waals surface area contributed by atoms with Crippen LogP contribution in [0.15, 0.2) is 83.8 Å². The fraction of sp³-hybridized carbons (Fsp3) is 0.222. The molecule has 38 heavy (non-hydrogen) atoms. The lowest BCUT2D eigenvalue weighted by atomic mass is 9.92. The van der Waals surface area contributed by atoms with E-state index in [0.29, 0.717) is 11.3 Å². The van der Waals surface area contributed by atoms with E-state index in [1.807, 2.05) is 0 Å². The van der Waals surface area contributed by atoms with Crippen molar-refractivity contribution in [3.05, 3.63) is 84.4 Å². The number of carbonyl (C=O) groups excluding carboxylic acids is 3. The second kappa shape index (κ2) is 10.5. The van der Waals surface area contributed by atoms with Gasteiger partial charge in [-0.25, -0.2) is 13.2 Å². The van der Waals surface area contributed by atoms with E-state index in [1.54, 1.807) is 74.5 Å². The third-order valence-electron chi connectivity index (χ3n) is 6.29. The fourth-order valence-corrected chi connectivity index (χ4v) is 5.80. The number of ether oxygens (including phenoxy) is 1. The van der Waals surface area contributed by atoms with Crippen molar-refractivity contribution in [3.8, 4) is 5.75 Å². The molecule has 11 heteroatoms. The zero-order chi connectivity index (χ0) is 27.5.